The number of aliphatic hydroxyl groups is 1. The molecule has 0 atom stereocenters. The van der Waals surface area contributed by atoms with Gasteiger partial charge in [0, 0.05) is 31.4 Å². The first-order chi connectivity index (χ1) is 9.28. The van der Waals surface area contributed by atoms with Crippen LogP contribution < -0.4 is 5.32 Å². The van der Waals surface area contributed by atoms with E-state index in [1.807, 2.05) is 11.6 Å². The van der Waals surface area contributed by atoms with E-state index in [2.05, 4.69) is 25.5 Å². The summed E-state index contributed by atoms with van der Waals surface area (Å²) in [5.41, 5.74) is 0. The van der Waals surface area contributed by atoms with E-state index in [0.29, 0.717) is 23.7 Å². The molecule has 1 fully saturated rings. The van der Waals surface area contributed by atoms with Gasteiger partial charge in [0.15, 0.2) is 5.82 Å². The van der Waals surface area contributed by atoms with Crippen molar-refractivity contribution < 1.29 is 5.11 Å². The first kappa shape index (κ1) is 12.0. The molecule has 100 valence electrons. The summed E-state index contributed by atoms with van der Waals surface area (Å²) in [5, 5.41) is 20.5. The Bertz CT molecular complexity index is 549. The molecule has 0 unspecified atom stereocenters. The van der Waals surface area contributed by atoms with E-state index >= 15 is 0 Å². The molecule has 0 saturated heterocycles. The van der Waals surface area contributed by atoms with Crippen LogP contribution in [-0.2, 0) is 13.7 Å². The zero-order valence-corrected chi connectivity index (χ0v) is 10.7. The van der Waals surface area contributed by atoms with Gasteiger partial charge < -0.3 is 15.0 Å². The number of aromatic nitrogens is 5. The summed E-state index contributed by atoms with van der Waals surface area (Å²) in [6.45, 7) is -0.0737. The van der Waals surface area contributed by atoms with Crippen molar-refractivity contribution in [2.45, 2.75) is 31.4 Å². The number of rotatable bonds is 4. The molecule has 3 rings (SSSR count). The molecule has 0 bridgehead atoms. The molecule has 7 heteroatoms. The Morgan fingerprint density at radius 2 is 2.05 bits per heavy atom. The number of aliphatic hydroxyl groups excluding tert-OH is 1. The van der Waals surface area contributed by atoms with Crippen LogP contribution in [0.5, 0.6) is 0 Å². The number of hydrogen-bond donors (Lipinski definition) is 2. The lowest BCUT2D eigenvalue weighted by Gasteiger charge is -2.34. The van der Waals surface area contributed by atoms with Crippen molar-refractivity contribution in [2.24, 2.45) is 7.05 Å². The van der Waals surface area contributed by atoms with E-state index < -0.39 is 0 Å². The Balaban J connectivity index is 1.59. The van der Waals surface area contributed by atoms with Crippen LogP contribution in [0.4, 0.5) is 5.95 Å². The predicted molar refractivity (Wildman–Crippen MR) is 68.3 cm³/mol. The maximum absolute atomic E-state index is 9.10. The average Bonchev–Trinajstić information content (AvgIpc) is 2.75. The lowest BCUT2D eigenvalue weighted by molar-refractivity contribution is 0.265. The molecule has 2 aromatic heterocycles. The van der Waals surface area contributed by atoms with Crippen molar-refractivity contribution in [1.29, 1.82) is 0 Å². The summed E-state index contributed by atoms with van der Waals surface area (Å²) in [6, 6.07) is 2.17. The minimum Gasteiger partial charge on any atom is -0.388 e. The maximum atomic E-state index is 9.10. The van der Waals surface area contributed by atoms with Gasteiger partial charge in [0.25, 0.3) is 0 Å². The Kier molecular flexibility index (Phi) is 3.12. The van der Waals surface area contributed by atoms with Crippen LogP contribution in [0.3, 0.4) is 0 Å². The predicted octanol–water partition coefficient (Wildman–Crippen LogP) is 0.455. The van der Waals surface area contributed by atoms with E-state index in [4.69, 9.17) is 5.11 Å². The van der Waals surface area contributed by atoms with Gasteiger partial charge in [-0.15, -0.1) is 10.2 Å². The number of hydrogen-bond acceptors (Lipinski definition) is 6. The summed E-state index contributed by atoms with van der Waals surface area (Å²) >= 11 is 0. The second-order valence-corrected chi connectivity index (χ2v) is 4.77. The highest BCUT2D eigenvalue weighted by Crippen LogP contribution is 2.37. The van der Waals surface area contributed by atoms with E-state index in [1.54, 1.807) is 18.5 Å². The molecule has 7 nitrogen and oxygen atoms in total. The topological polar surface area (TPSA) is 88.8 Å². The third-order valence-electron chi connectivity index (χ3n) is 3.54. The summed E-state index contributed by atoms with van der Waals surface area (Å²) in [5.74, 6) is 2.60. The van der Waals surface area contributed by atoms with Gasteiger partial charge in [0.2, 0.25) is 5.95 Å². The van der Waals surface area contributed by atoms with Crippen LogP contribution in [-0.4, -0.2) is 35.9 Å². The van der Waals surface area contributed by atoms with Crippen molar-refractivity contribution in [1.82, 2.24) is 24.7 Å². The summed E-state index contributed by atoms with van der Waals surface area (Å²) in [4.78, 5) is 8.29. The van der Waals surface area contributed by atoms with Gasteiger partial charge in [-0.05, 0) is 18.9 Å². The molecule has 0 radical (unpaired) electrons. The highest BCUT2D eigenvalue weighted by atomic mass is 16.3. The van der Waals surface area contributed by atoms with Gasteiger partial charge >= 0.3 is 0 Å². The van der Waals surface area contributed by atoms with Crippen LogP contribution in [0.2, 0.25) is 0 Å². The number of nitrogens with zero attached hydrogens (tertiary/aromatic N) is 5. The highest BCUT2D eigenvalue weighted by molar-refractivity contribution is 5.27. The smallest absolute Gasteiger partial charge is 0.222 e. The standard InChI is InChI=1S/C12H16N6O/c1-18-10(7-19)16-17-11(18)8-5-9(6-8)15-12-13-3-2-4-14-12/h2-4,8-9,19H,5-7H2,1H3,(H,13,14,15). The van der Waals surface area contributed by atoms with E-state index in [1.165, 1.54) is 0 Å². The van der Waals surface area contributed by atoms with Crippen LogP contribution in [0.15, 0.2) is 18.5 Å². The third-order valence-corrected chi connectivity index (χ3v) is 3.54. The molecule has 2 aromatic rings. The van der Waals surface area contributed by atoms with Gasteiger partial charge in [-0.3, -0.25) is 0 Å². The minimum absolute atomic E-state index is 0.0737. The molecular formula is C12H16N6O. The van der Waals surface area contributed by atoms with Crippen LogP contribution in [0.1, 0.15) is 30.4 Å². The second-order valence-electron chi connectivity index (χ2n) is 4.77. The molecule has 19 heavy (non-hydrogen) atoms. The minimum atomic E-state index is -0.0737. The van der Waals surface area contributed by atoms with Crippen LogP contribution in [0, 0.1) is 0 Å². The first-order valence-electron chi connectivity index (χ1n) is 6.30. The largest absolute Gasteiger partial charge is 0.388 e. The van der Waals surface area contributed by atoms with Gasteiger partial charge in [0.1, 0.15) is 12.4 Å². The molecule has 0 aromatic carbocycles. The Labute approximate surface area is 110 Å². The van der Waals surface area contributed by atoms with Crippen molar-refractivity contribution >= 4 is 5.95 Å². The van der Waals surface area contributed by atoms with Crippen LogP contribution >= 0.6 is 0 Å². The average molecular weight is 260 g/mol. The molecule has 2 N–H and O–H groups in total. The van der Waals surface area contributed by atoms with Gasteiger partial charge in [-0.2, -0.15) is 0 Å². The second kappa shape index (κ2) is 4.93. The fraction of sp³-hybridized carbons (Fsp3) is 0.500. The molecule has 0 aliphatic heterocycles. The maximum Gasteiger partial charge on any atom is 0.222 e. The van der Waals surface area contributed by atoms with Gasteiger partial charge in [0.05, 0.1) is 0 Å². The van der Waals surface area contributed by atoms with Crippen molar-refractivity contribution in [3.8, 4) is 0 Å². The molecule has 1 aliphatic rings. The third kappa shape index (κ3) is 2.28. The molecule has 0 amide bonds. The van der Waals surface area contributed by atoms with Gasteiger partial charge in [-0.25, -0.2) is 9.97 Å². The Hall–Kier alpha value is -2.02. The summed E-state index contributed by atoms with van der Waals surface area (Å²) in [7, 11) is 1.89. The fourth-order valence-electron chi connectivity index (χ4n) is 2.37. The lowest BCUT2D eigenvalue weighted by Crippen LogP contribution is -2.35. The monoisotopic (exact) mass is 260 g/mol. The Morgan fingerprint density at radius 3 is 2.68 bits per heavy atom. The van der Waals surface area contributed by atoms with Crippen molar-refractivity contribution in [2.75, 3.05) is 5.32 Å². The van der Waals surface area contributed by atoms with E-state index in [0.717, 1.165) is 18.7 Å². The fourth-order valence-corrected chi connectivity index (χ4v) is 2.37. The number of nitrogens with one attached hydrogen (secondary N) is 1. The lowest BCUT2D eigenvalue weighted by atomic mass is 9.79. The molecular weight excluding hydrogens is 244 g/mol. The molecule has 2 heterocycles. The molecule has 0 spiro atoms. The number of anilines is 1. The van der Waals surface area contributed by atoms with E-state index in [9.17, 15) is 0 Å². The molecule has 1 aliphatic carbocycles. The van der Waals surface area contributed by atoms with Crippen LogP contribution in [0.25, 0.3) is 0 Å². The van der Waals surface area contributed by atoms with Crippen molar-refractivity contribution in [3.63, 3.8) is 0 Å². The van der Waals surface area contributed by atoms with E-state index in [-0.39, 0.29) is 6.61 Å². The Morgan fingerprint density at radius 1 is 1.32 bits per heavy atom. The highest BCUT2D eigenvalue weighted by Gasteiger charge is 2.34. The molecule has 1 saturated carbocycles. The quantitative estimate of drug-likeness (QED) is 0.830. The zero-order chi connectivity index (χ0) is 13.2. The summed E-state index contributed by atoms with van der Waals surface area (Å²) in [6.07, 6.45) is 5.41. The summed E-state index contributed by atoms with van der Waals surface area (Å²) < 4.78 is 1.87. The van der Waals surface area contributed by atoms with Gasteiger partial charge in [-0.1, -0.05) is 0 Å². The normalized spacial score (nSPS) is 22.0. The van der Waals surface area contributed by atoms with Crippen molar-refractivity contribution in [3.05, 3.63) is 30.1 Å². The SMILES string of the molecule is Cn1c(CO)nnc1C1CC(Nc2ncccn2)C1. The first-order valence-corrected chi connectivity index (χ1v) is 6.30. The zero-order valence-electron chi connectivity index (χ0n) is 10.7.